The summed E-state index contributed by atoms with van der Waals surface area (Å²) in [5, 5.41) is -0.377. The molecule has 0 spiro atoms. The van der Waals surface area contributed by atoms with Crippen molar-refractivity contribution in [3.63, 3.8) is 0 Å². The Bertz CT molecular complexity index is 1780. The van der Waals surface area contributed by atoms with Gasteiger partial charge >= 0.3 is 0 Å². The van der Waals surface area contributed by atoms with Crippen molar-refractivity contribution in [2.45, 2.75) is 57.1 Å². The molecule has 3 heterocycles. The Morgan fingerprint density at radius 2 is 1.82 bits per heavy atom. The molecule has 44 heavy (non-hydrogen) atoms. The lowest BCUT2D eigenvalue weighted by molar-refractivity contribution is 0.0981. The van der Waals surface area contributed by atoms with Crippen LogP contribution in [0.25, 0.3) is 11.3 Å². The van der Waals surface area contributed by atoms with E-state index in [9.17, 15) is 17.6 Å². The van der Waals surface area contributed by atoms with Crippen LogP contribution in [0.5, 0.6) is 5.75 Å². The molecule has 11 heteroatoms. The van der Waals surface area contributed by atoms with E-state index in [0.29, 0.717) is 29.4 Å². The van der Waals surface area contributed by atoms with E-state index in [1.807, 2.05) is 43.9 Å². The van der Waals surface area contributed by atoms with Crippen LogP contribution in [-0.4, -0.2) is 43.0 Å². The minimum Gasteiger partial charge on any atom is -0.493 e. The van der Waals surface area contributed by atoms with Gasteiger partial charge in [-0.25, -0.2) is 19.1 Å². The molecule has 2 aromatic heterocycles. The summed E-state index contributed by atoms with van der Waals surface area (Å²) < 4.78 is 48.8. The Balaban J connectivity index is 0.00000288. The second-order valence-electron chi connectivity index (χ2n) is 11.5. The topological polar surface area (TPSA) is 128 Å². The third kappa shape index (κ3) is 6.67. The molecule has 3 N–H and O–H groups in total. The average Bonchev–Trinajstić information content (AvgIpc) is 3.29. The van der Waals surface area contributed by atoms with Crippen LogP contribution in [-0.2, 0) is 10.0 Å². The molecular formula is C33H40FN5O4S. The molecule has 9 nitrogen and oxygen atoms in total. The number of sulfonamides is 1. The van der Waals surface area contributed by atoms with Crippen molar-refractivity contribution in [2.75, 3.05) is 17.2 Å². The van der Waals surface area contributed by atoms with Gasteiger partial charge in [0.2, 0.25) is 0 Å². The van der Waals surface area contributed by atoms with Crippen LogP contribution in [0.3, 0.4) is 0 Å². The van der Waals surface area contributed by atoms with E-state index in [2.05, 4.69) is 28.8 Å². The molecule has 1 saturated heterocycles. The number of nitrogens with zero attached hydrogens (tertiary/aromatic N) is 3. The number of anilines is 2. The van der Waals surface area contributed by atoms with Gasteiger partial charge < -0.3 is 15.4 Å². The van der Waals surface area contributed by atoms with Crippen molar-refractivity contribution < 1.29 is 25.2 Å². The number of rotatable bonds is 9. The average molecular weight is 622 g/mol. The third-order valence-corrected chi connectivity index (χ3v) is 8.91. The van der Waals surface area contributed by atoms with E-state index in [0.717, 1.165) is 12.0 Å². The van der Waals surface area contributed by atoms with Gasteiger partial charge in [0.1, 0.15) is 23.2 Å². The fraction of sp³-hybridized carbons (Fsp3) is 0.303. The van der Waals surface area contributed by atoms with Crippen LogP contribution in [0.4, 0.5) is 16.0 Å². The molecule has 5 rings (SSSR count). The standard InChI is InChI=1S/C33H36FN5O4S.2H2/c1-20(2)19-43-26-17-24(16-25(34)18-26)29-14-13-27(33(40)38-44(41,42)31-12-8-11-30(35)37-31)32(36-29)39-21(3)15-28(22(39)4)23-9-6-5-7-10-23;;/h5-14,16-18,20-22,28H,15,19H2,1-4H3,(H2,35,37)(H,38,40);2*1H. The molecule has 1 aliphatic rings. The van der Waals surface area contributed by atoms with Crippen LogP contribution < -0.4 is 20.1 Å². The maximum Gasteiger partial charge on any atom is 0.281 e. The van der Waals surface area contributed by atoms with Gasteiger partial charge in [0.25, 0.3) is 15.9 Å². The first-order valence-corrected chi connectivity index (χ1v) is 16.0. The predicted octanol–water partition coefficient (Wildman–Crippen LogP) is 6.28. The SMILES string of the molecule is CC(C)COc1cc(F)cc(-c2ccc(C(=O)NS(=O)(=O)c3cccc(N)n3)c(N3C(C)CC(c4ccccc4)C3C)n2)c1.[HH].[HH]. The number of carbonyl (C=O) groups excluding carboxylic acids is 1. The second kappa shape index (κ2) is 12.6. The second-order valence-corrected chi connectivity index (χ2v) is 13.2. The van der Waals surface area contributed by atoms with Gasteiger partial charge in [-0.1, -0.05) is 50.2 Å². The van der Waals surface area contributed by atoms with Gasteiger partial charge in [0, 0.05) is 32.5 Å². The Hall–Kier alpha value is -4.51. The zero-order chi connectivity index (χ0) is 31.6. The highest BCUT2D eigenvalue weighted by atomic mass is 32.2. The first kappa shape index (κ1) is 30.9. The van der Waals surface area contributed by atoms with E-state index >= 15 is 0 Å². The lowest BCUT2D eigenvalue weighted by Gasteiger charge is -2.31. The summed E-state index contributed by atoms with van der Waals surface area (Å²) in [5.41, 5.74) is 7.77. The molecule has 0 bridgehead atoms. The zero-order valence-corrected chi connectivity index (χ0v) is 25.9. The highest BCUT2D eigenvalue weighted by Crippen LogP contribution is 2.41. The lowest BCUT2D eigenvalue weighted by atomic mass is 9.92. The Morgan fingerprint density at radius 3 is 2.52 bits per heavy atom. The van der Waals surface area contributed by atoms with Gasteiger partial charge in [-0.2, -0.15) is 8.42 Å². The Morgan fingerprint density at radius 1 is 1.07 bits per heavy atom. The summed E-state index contributed by atoms with van der Waals surface area (Å²) in [4.78, 5) is 24.4. The van der Waals surface area contributed by atoms with Gasteiger partial charge in [-0.05, 0) is 68.1 Å². The summed E-state index contributed by atoms with van der Waals surface area (Å²) in [6, 6.07) is 21.6. The highest BCUT2D eigenvalue weighted by molar-refractivity contribution is 7.90. The highest BCUT2D eigenvalue weighted by Gasteiger charge is 2.40. The molecule has 3 atom stereocenters. The Labute approximate surface area is 260 Å². The zero-order valence-electron chi connectivity index (χ0n) is 25.1. The molecule has 234 valence electrons. The molecule has 1 aliphatic heterocycles. The largest absolute Gasteiger partial charge is 0.493 e. The van der Waals surface area contributed by atoms with Crippen molar-refractivity contribution in [2.24, 2.45) is 5.92 Å². The predicted molar refractivity (Wildman–Crippen MR) is 173 cm³/mol. The smallest absolute Gasteiger partial charge is 0.281 e. The molecule has 4 aromatic rings. The summed E-state index contributed by atoms with van der Waals surface area (Å²) >= 11 is 0. The van der Waals surface area contributed by atoms with Crippen LogP contribution >= 0.6 is 0 Å². The molecule has 2 aromatic carbocycles. The molecule has 0 aliphatic carbocycles. The van der Waals surface area contributed by atoms with E-state index in [-0.39, 0.29) is 43.2 Å². The lowest BCUT2D eigenvalue weighted by Crippen LogP contribution is -2.38. The quantitative estimate of drug-likeness (QED) is 0.224. The Kier molecular flexibility index (Phi) is 8.87. The third-order valence-electron chi connectivity index (χ3n) is 7.68. The van der Waals surface area contributed by atoms with Crippen LogP contribution in [0, 0.1) is 11.7 Å². The first-order chi connectivity index (χ1) is 20.9. The number of carbonyl (C=O) groups is 1. The van der Waals surface area contributed by atoms with E-state index in [1.54, 1.807) is 12.1 Å². The number of hydrogen-bond donors (Lipinski definition) is 2. The fourth-order valence-corrected chi connectivity index (χ4v) is 6.58. The van der Waals surface area contributed by atoms with Crippen LogP contribution in [0.15, 0.2) is 83.9 Å². The minimum absolute atomic E-state index is 0. The van der Waals surface area contributed by atoms with Crippen LogP contribution in [0.2, 0.25) is 0 Å². The van der Waals surface area contributed by atoms with Crippen LogP contribution in [0.1, 0.15) is 58.8 Å². The van der Waals surface area contributed by atoms with E-state index in [1.165, 1.54) is 36.4 Å². The number of ether oxygens (including phenoxy) is 1. The van der Waals surface area contributed by atoms with Crippen molar-refractivity contribution in [3.05, 3.63) is 95.8 Å². The van der Waals surface area contributed by atoms with Crippen molar-refractivity contribution >= 4 is 27.6 Å². The molecule has 3 unspecified atom stereocenters. The summed E-state index contributed by atoms with van der Waals surface area (Å²) in [7, 11) is -4.34. The van der Waals surface area contributed by atoms with Crippen molar-refractivity contribution in [1.29, 1.82) is 0 Å². The van der Waals surface area contributed by atoms with E-state index in [4.69, 9.17) is 15.5 Å². The maximum atomic E-state index is 14.7. The number of nitrogens with one attached hydrogen (secondary N) is 1. The van der Waals surface area contributed by atoms with Gasteiger partial charge in [-0.3, -0.25) is 4.79 Å². The number of pyridine rings is 2. The summed E-state index contributed by atoms with van der Waals surface area (Å²) in [5.74, 6) is -0.303. The van der Waals surface area contributed by atoms with Crippen molar-refractivity contribution in [1.82, 2.24) is 14.7 Å². The van der Waals surface area contributed by atoms with Gasteiger partial charge in [0.05, 0.1) is 17.9 Å². The number of halogens is 1. The number of nitrogens with two attached hydrogens (primary N) is 1. The normalized spacial score (nSPS) is 18.4. The van der Waals surface area contributed by atoms with Crippen molar-refractivity contribution in [3.8, 4) is 17.0 Å². The molecule has 0 saturated carbocycles. The maximum absolute atomic E-state index is 14.7. The number of benzene rings is 2. The summed E-state index contributed by atoms with van der Waals surface area (Å²) in [6.45, 7) is 8.53. The molecule has 1 fully saturated rings. The number of hydrogen-bond acceptors (Lipinski definition) is 8. The molecule has 0 radical (unpaired) electrons. The minimum atomic E-state index is -4.34. The summed E-state index contributed by atoms with van der Waals surface area (Å²) in [6.07, 6.45) is 0.789. The number of nitrogen functional groups attached to an aromatic ring is 1. The fourth-order valence-electron chi connectivity index (χ4n) is 5.64. The molecular weight excluding hydrogens is 581 g/mol. The first-order valence-electron chi connectivity index (χ1n) is 14.5. The van der Waals surface area contributed by atoms with Gasteiger partial charge in [0.15, 0.2) is 5.03 Å². The van der Waals surface area contributed by atoms with Gasteiger partial charge in [-0.15, -0.1) is 0 Å². The number of amides is 1. The monoisotopic (exact) mass is 621 g/mol. The number of aromatic nitrogens is 2. The van der Waals surface area contributed by atoms with E-state index < -0.39 is 21.7 Å². The molecule has 1 amide bonds.